The normalized spacial score (nSPS) is 10.3. The highest BCUT2D eigenvalue weighted by atomic mass is 32.1. The van der Waals surface area contributed by atoms with E-state index in [-0.39, 0.29) is 0 Å². The zero-order valence-electron chi connectivity index (χ0n) is 10.8. The molecule has 0 aliphatic heterocycles. The fraction of sp³-hybridized carbons (Fsp3) is 0. The molecule has 3 N–H and O–H groups in total. The summed E-state index contributed by atoms with van der Waals surface area (Å²) in [6.07, 6.45) is 3.15. The van der Waals surface area contributed by atoms with Crippen LogP contribution >= 0.6 is 24.4 Å². The first-order chi connectivity index (χ1) is 10.2. The van der Waals surface area contributed by atoms with Crippen LogP contribution in [0.4, 0.5) is 0 Å². The minimum atomic E-state index is 0.579. The Morgan fingerprint density at radius 3 is 2.57 bits per heavy atom. The monoisotopic (exact) mass is 313 g/mol. The van der Waals surface area contributed by atoms with E-state index in [9.17, 15) is 0 Å². The van der Waals surface area contributed by atoms with Crippen molar-refractivity contribution >= 4 is 46.5 Å². The number of hydrogen-bond donors (Lipinski definition) is 3. The predicted molar refractivity (Wildman–Crippen MR) is 88.2 cm³/mol. The average molecular weight is 313 g/mol. The van der Waals surface area contributed by atoms with Gasteiger partial charge in [-0.2, -0.15) is 0 Å². The molecule has 0 atom stereocenters. The number of benzene rings is 1. The van der Waals surface area contributed by atoms with Crippen LogP contribution in [0.5, 0.6) is 0 Å². The molecule has 21 heavy (non-hydrogen) atoms. The molecule has 5 nitrogen and oxygen atoms in total. The third-order valence-corrected chi connectivity index (χ3v) is 3.27. The predicted octanol–water partition coefficient (Wildman–Crippen LogP) is 3.91. The Morgan fingerprint density at radius 2 is 1.71 bits per heavy atom. The highest BCUT2D eigenvalue weighted by Gasteiger charge is 1.92. The van der Waals surface area contributed by atoms with Crippen molar-refractivity contribution < 1.29 is 0 Å². The number of rotatable bonds is 0. The Kier molecular flexibility index (Phi) is 3.85. The van der Waals surface area contributed by atoms with Crippen molar-refractivity contribution in [1.82, 2.24) is 24.9 Å². The number of imidazole rings is 1. The van der Waals surface area contributed by atoms with E-state index in [2.05, 4.69) is 31.0 Å². The first-order valence-corrected chi connectivity index (χ1v) is 7.00. The van der Waals surface area contributed by atoms with E-state index in [1.807, 2.05) is 30.3 Å². The maximum Gasteiger partial charge on any atom is 0.176 e. The number of aromatic amines is 3. The number of nitrogens with one attached hydrogen (secondary N) is 3. The second-order valence-corrected chi connectivity index (χ2v) is 5.12. The molecule has 4 rings (SSSR count). The van der Waals surface area contributed by atoms with Crippen LogP contribution in [0.2, 0.25) is 0 Å². The van der Waals surface area contributed by atoms with Gasteiger partial charge in [0.25, 0.3) is 0 Å². The lowest BCUT2D eigenvalue weighted by molar-refractivity contribution is 1.20. The number of fused-ring (bicyclic) bond motifs is 2. The molecular weight excluding hydrogens is 302 g/mol. The van der Waals surface area contributed by atoms with E-state index >= 15 is 0 Å². The number of H-pyrrole nitrogens is 3. The molecule has 0 saturated heterocycles. The van der Waals surface area contributed by atoms with Gasteiger partial charge in [0.15, 0.2) is 10.4 Å². The maximum atomic E-state index is 4.98. The zero-order valence-corrected chi connectivity index (χ0v) is 12.5. The van der Waals surface area contributed by atoms with Gasteiger partial charge in [0.2, 0.25) is 0 Å². The highest BCUT2D eigenvalue weighted by Crippen LogP contribution is 2.09. The van der Waals surface area contributed by atoms with Crippen molar-refractivity contribution in [2.45, 2.75) is 0 Å². The Morgan fingerprint density at radius 1 is 0.857 bits per heavy atom. The van der Waals surface area contributed by atoms with E-state index in [0.717, 1.165) is 21.3 Å². The number of pyridine rings is 1. The van der Waals surface area contributed by atoms with Crippen LogP contribution < -0.4 is 0 Å². The third-order valence-electron chi connectivity index (χ3n) is 2.83. The molecule has 0 radical (unpaired) electrons. The molecule has 0 aliphatic rings. The number of hydrogen-bond acceptors (Lipinski definition) is 4. The fourth-order valence-corrected chi connectivity index (χ4v) is 2.26. The molecule has 3 heterocycles. The summed E-state index contributed by atoms with van der Waals surface area (Å²) in [7, 11) is 0. The van der Waals surface area contributed by atoms with Gasteiger partial charge in [0, 0.05) is 5.52 Å². The Labute approximate surface area is 130 Å². The largest absolute Gasteiger partial charge is 0.346 e. The van der Waals surface area contributed by atoms with E-state index in [1.54, 1.807) is 6.20 Å². The molecule has 1 aromatic carbocycles. The van der Waals surface area contributed by atoms with E-state index in [1.165, 1.54) is 11.7 Å². The third kappa shape index (κ3) is 3.21. The molecule has 0 bridgehead atoms. The number of para-hydroxylation sites is 1. The molecule has 0 fully saturated rings. The second kappa shape index (κ2) is 5.94. The van der Waals surface area contributed by atoms with Crippen molar-refractivity contribution in [3.8, 4) is 0 Å². The van der Waals surface area contributed by atoms with Crippen LogP contribution in [-0.2, 0) is 0 Å². The smallest absolute Gasteiger partial charge is 0.176 e. The van der Waals surface area contributed by atoms with Gasteiger partial charge < -0.3 is 15.0 Å². The van der Waals surface area contributed by atoms with Gasteiger partial charge in [-0.25, -0.2) is 9.97 Å². The van der Waals surface area contributed by atoms with E-state index in [0.29, 0.717) is 4.77 Å². The van der Waals surface area contributed by atoms with Crippen LogP contribution in [0.15, 0.2) is 48.9 Å². The minimum Gasteiger partial charge on any atom is -0.346 e. The molecule has 3 aromatic heterocycles. The van der Waals surface area contributed by atoms with Gasteiger partial charge in [0.1, 0.15) is 16.5 Å². The topological polar surface area (TPSA) is 73.2 Å². The van der Waals surface area contributed by atoms with Gasteiger partial charge in [-0.05, 0) is 35.8 Å². The minimum absolute atomic E-state index is 0.579. The Bertz CT molecular complexity index is 963. The summed E-state index contributed by atoms with van der Waals surface area (Å²) in [4.78, 5) is 16.6. The first kappa shape index (κ1) is 13.6. The van der Waals surface area contributed by atoms with Gasteiger partial charge in [-0.15, -0.1) is 0 Å². The second-order valence-electron chi connectivity index (χ2n) is 4.27. The number of nitrogens with zero attached hydrogens (tertiary/aromatic N) is 2. The maximum absolute atomic E-state index is 4.98. The molecular formula is C14H11N5S2. The summed E-state index contributed by atoms with van der Waals surface area (Å²) in [6, 6.07) is 12.0. The van der Waals surface area contributed by atoms with E-state index in [4.69, 9.17) is 24.4 Å². The Hall–Kier alpha value is -2.38. The molecule has 0 unspecified atom stereocenters. The summed E-state index contributed by atoms with van der Waals surface area (Å²) in [5.41, 5.74) is 2.69. The quantitative estimate of drug-likeness (QED) is 0.430. The van der Waals surface area contributed by atoms with Crippen LogP contribution in [-0.4, -0.2) is 24.9 Å². The van der Waals surface area contributed by atoms with Crippen molar-refractivity contribution in [2.24, 2.45) is 0 Å². The zero-order chi connectivity index (χ0) is 14.7. The summed E-state index contributed by atoms with van der Waals surface area (Å²) < 4.78 is 1.36. The highest BCUT2D eigenvalue weighted by molar-refractivity contribution is 7.71. The SMILES string of the molecule is S=c1[nH]c2cncnc2[nH]1.S=c1ccc2ccccc2[nH]1. The molecule has 104 valence electrons. The van der Waals surface area contributed by atoms with Crippen LogP contribution in [0.3, 0.4) is 0 Å². The first-order valence-electron chi connectivity index (χ1n) is 6.18. The molecule has 0 aliphatic carbocycles. The summed E-state index contributed by atoms with van der Waals surface area (Å²) in [5.74, 6) is 0. The number of aromatic nitrogens is 5. The van der Waals surface area contributed by atoms with Gasteiger partial charge in [-0.1, -0.05) is 30.4 Å². The van der Waals surface area contributed by atoms with Crippen molar-refractivity contribution in [3.05, 3.63) is 58.3 Å². The summed E-state index contributed by atoms with van der Waals surface area (Å²) in [6.45, 7) is 0. The van der Waals surface area contributed by atoms with Crippen molar-refractivity contribution in [3.63, 3.8) is 0 Å². The van der Waals surface area contributed by atoms with E-state index < -0.39 is 0 Å². The molecule has 0 saturated carbocycles. The lowest BCUT2D eigenvalue weighted by Crippen LogP contribution is -1.76. The lowest BCUT2D eigenvalue weighted by Gasteiger charge is -1.94. The standard InChI is InChI=1S/C9H7NS.C5H4N4S/c11-9-6-5-7-3-1-2-4-8(7)10-9;10-5-8-3-1-6-2-7-4(3)9-5/h1-6H,(H,10,11);1-2H,(H2,6,7,8,9,10). The molecule has 4 aromatic rings. The van der Waals surface area contributed by atoms with Crippen LogP contribution in [0.25, 0.3) is 22.1 Å². The lowest BCUT2D eigenvalue weighted by atomic mass is 10.2. The average Bonchev–Trinajstić information content (AvgIpc) is 2.88. The summed E-state index contributed by atoms with van der Waals surface area (Å²) in [5, 5.41) is 1.20. The molecule has 0 spiro atoms. The van der Waals surface area contributed by atoms with Gasteiger partial charge >= 0.3 is 0 Å². The van der Waals surface area contributed by atoms with Crippen LogP contribution in [0, 0.1) is 9.41 Å². The Balaban J connectivity index is 0.000000126. The van der Waals surface area contributed by atoms with Crippen molar-refractivity contribution in [2.75, 3.05) is 0 Å². The van der Waals surface area contributed by atoms with Gasteiger partial charge in [-0.3, -0.25) is 0 Å². The molecule has 7 heteroatoms. The fourth-order valence-electron chi connectivity index (χ4n) is 1.88. The van der Waals surface area contributed by atoms with Crippen LogP contribution in [0.1, 0.15) is 0 Å². The van der Waals surface area contributed by atoms with Crippen molar-refractivity contribution in [1.29, 1.82) is 0 Å². The van der Waals surface area contributed by atoms with Gasteiger partial charge in [0.05, 0.1) is 6.20 Å². The molecule has 0 amide bonds. The summed E-state index contributed by atoms with van der Waals surface area (Å²) >= 11 is 9.82.